The number of carbonyl (C=O) groups is 2. The van der Waals surface area contributed by atoms with Crippen LogP contribution in [0.25, 0.3) is 0 Å². The lowest BCUT2D eigenvalue weighted by Crippen LogP contribution is -2.53. The van der Waals surface area contributed by atoms with E-state index in [2.05, 4.69) is 5.32 Å². The number of methoxy groups -OCH3 is 3. The second-order valence-electron chi connectivity index (χ2n) is 10.6. The standard InChI is InChI=1S/C36H41N3O8S/c1-6-47-29-17-15-28(16-18-29)39(48(42,43)31-19-20-33(45-4)34(23-31)46-5)25-35(40)38(24-27-13-10-14-30(21-27)44-3)32(36(41)37-2)22-26-11-8-7-9-12-26/h7-21,23,32H,6,22,24-25H2,1-5H3,(H,37,41)/t32-/m1/s1. The number of sulfonamides is 1. The summed E-state index contributed by atoms with van der Waals surface area (Å²) in [6.07, 6.45) is 0.196. The molecule has 1 N–H and O–H groups in total. The first kappa shape index (κ1) is 35.6. The van der Waals surface area contributed by atoms with Gasteiger partial charge in [0.05, 0.1) is 38.5 Å². The Balaban J connectivity index is 1.82. The molecule has 0 aromatic heterocycles. The molecule has 0 saturated heterocycles. The van der Waals surface area contributed by atoms with Crippen molar-refractivity contribution >= 4 is 27.5 Å². The molecule has 0 spiro atoms. The molecule has 4 aromatic carbocycles. The molecule has 11 nitrogen and oxygen atoms in total. The third-order valence-electron chi connectivity index (χ3n) is 7.66. The first-order valence-corrected chi connectivity index (χ1v) is 16.7. The average Bonchev–Trinajstić information content (AvgIpc) is 3.12. The van der Waals surface area contributed by atoms with Gasteiger partial charge in [-0.25, -0.2) is 8.42 Å². The molecule has 0 saturated carbocycles. The predicted molar refractivity (Wildman–Crippen MR) is 183 cm³/mol. The Labute approximate surface area is 282 Å². The van der Waals surface area contributed by atoms with Crippen LogP contribution in [0.1, 0.15) is 18.1 Å². The summed E-state index contributed by atoms with van der Waals surface area (Å²) >= 11 is 0. The third kappa shape index (κ3) is 8.56. The fourth-order valence-electron chi connectivity index (χ4n) is 5.20. The largest absolute Gasteiger partial charge is 0.497 e. The van der Waals surface area contributed by atoms with Crippen molar-refractivity contribution in [1.82, 2.24) is 10.2 Å². The molecule has 2 amide bonds. The van der Waals surface area contributed by atoms with Gasteiger partial charge in [-0.15, -0.1) is 0 Å². The van der Waals surface area contributed by atoms with Gasteiger partial charge in [-0.3, -0.25) is 13.9 Å². The molecule has 1 atom stereocenters. The Hall–Kier alpha value is -5.23. The van der Waals surface area contributed by atoms with Gasteiger partial charge in [-0.1, -0.05) is 42.5 Å². The summed E-state index contributed by atoms with van der Waals surface area (Å²) in [5, 5.41) is 2.68. The first-order chi connectivity index (χ1) is 23.1. The molecule has 4 aromatic rings. The van der Waals surface area contributed by atoms with Crippen molar-refractivity contribution in [2.45, 2.75) is 30.8 Å². The highest BCUT2D eigenvalue weighted by atomic mass is 32.2. The summed E-state index contributed by atoms with van der Waals surface area (Å²) in [5.41, 5.74) is 1.75. The quantitative estimate of drug-likeness (QED) is 0.182. The van der Waals surface area contributed by atoms with E-state index in [4.69, 9.17) is 18.9 Å². The summed E-state index contributed by atoms with van der Waals surface area (Å²) in [6.45, 7) is 1.66. The number of nitrogens with one attached hydrogen (secondary N) is 1. The number of ether oxygens (including phenoxy) is 4. The van der Waals surface area contributed by atoms with Crippen molar-refractivity contribution in [2.24, 2.45) is 0 Å². The Morgan fingerprint density at radius 1 is 0.771 bits per heavy atom. The highest BCUT2D eigenvalue weighted by molar-refractivity contribution is 7.92. The third-order valence-corrected chi connectivity index (χ3v) is 9.43. The van der Waals surface area contributed by atoms with E-state index in [1.54, 1.807) is 49.6 Å². The summed E-state index contributed by atoms with van der Waals surface area (Å²) < 4.78 is 51.5. The number of anilines is 1. The van der Waals surface area contributed by atoms with Gasteiger partial charge in [0, 0.05) is 26.1 Å². The number of nitrogens with zero attached hydrogens (tertiary/aromatic N) is 2. The van der Waals surface area contributed by atoms with Crippen molar-refractivity contribution in [3.05, 3.63) is 108 Å². The second-order valence-corrected chi connectivity index (χ2v) is 12.5. The van der Waals surface area contributed by atoms with Crippen LogP contribution in [0.3, 0.4) is 0 Å². The van der Waals surface area contributed by atoms with E-state index in [1.807, 2.05) is 43.3 Å². The van der Waals surface area contributed by atoms with Crippen molar-refractivity contribution < 1.29 is 37.0 Å². The Bertz CT molecular complexity index is 1780. The van der Waals surface area contributed by atoms with E-state index >= 15 is 0 Å². The lowest BCUT2D eigenvalue weighted by Gasteiger charge is -2.33. The van der Waals surface area contributed by atoms with Crippen LogP contribution < -0.4 is 28.6 Å². The van der Waals surface area contributed by atoms with Crippen molar-refractivity contribution in [3.63, 3.8) is 0 Å². The molecular weight excluding hydrogens is 634 g/mol. The van der Waals surface area contributed by atoms with Gasteiger partial charge in [0.1, 0.15) is 24.1 Å². The number of rotatable bonds is 16. The van der Waals surface area contributed by atoms with Gasteiger partial charge < -0.3 is 29.2 Å². The van der Waals surface area contributed by atoms with Crippen LogP contribution >= 0.6 is 0 Å². The van der Waals surface area contributed by atoms with Crippen LogP contribution in [0.5, 0.6) is 23.0 Å². The molecule has 0 fully saturated rings. The van der Waals surface area contributed by atoms with Crippen molar-refractivity contribution in [2.75, 3.05) is 45.8 Å². The van der Waals surface area contributed by atoms with Crippen LogP contribution in [0.2, 0.25) is 0 Å². The van der Waals surface area contributed by atoms with Crippen molar-refractivity contribution in [1.29, 1.82) is 0 Å². The lowest BCUT2D eigenvalue weighted by atomic mass is 10.0. The zero-order chi connectivity index (χ0) is 34.7. The molecule has 0 aliphatic carbocycles. The van der Waals surface area contributed by atoms with Gasteiger partial charge in [-0.05, 0) is 66.6 Å². The minimum Gasteiger partial charge on any atom is -0.497 e. The molecule has 4 rings (SSSR count). The Kier molecular flexibility index (Phi) is 12.3. The SMILES string of the molecule is CCOc1ccc(N(CC(=O)N(Cc2cccc(OC)c2)[C@H](Cc2ccccc2)C(=O)NC)S(=O)(=O)c2ccc(OC)c(OC)c2)cc1. The average molecular weight is 676 g/mol. The molecule has 12 heteroatoms. The van der Waals surface area contributed by atoms with Gasteiger partial charge in [0.25, 0.3) is 10.0 Å². The topological polar surface area (TPSA) is 124 Å². The fraction of sp³-hybridized carbons (Fsp3) is 0.278. The van der Waals surface area contributed by atoms with E-state index in [1.165, 1.54) is 44.4 Å². The van der Waals surface area contributed by atoms with Gasteiger partial charge in [-0.2, -0.15) is 0 Å². The van der Waals surface area contributed by atoms with Crippen LogP contribution in [0, 0.1) is 0 Å². The van der Waals surface area contributed by atoms with E-state index in [0.29, 0.717) is 29.4 Å². The number of benzene rings is 4. The molecule has 0 radical (unpaired) electrons. The van der Waals surface area contributed by atoms with Crippen LogP contribution in [0.4, 0.5) is 5.69 Å². The van der Waals surface area contributed by atoms with Crippen LogP contribution in [-0.4, -0.2) is 72.7 Å². The minimum atomic E-state index is -4.37. The molecule has 0 bridgehead atoms. The van der Waals surface area contributed by atoms with E-state index in [-0.39, 0.29) is 29.3 Å². The fourth-order valence-corrected chi connectivity index (χ4v) is 6.63. The number of carbonyl (C=O) groups excluding carboxylic acids is 2. The summed E-state index contributed by atoms with van der Waals surface area (Å²) in [6, 6.07) is 26.1. The number of likely N-dealkylation sites (N-methyl/N-ethyl adjacent to an activating group) is 1. The number of amides is 2. The number of hydrogen-bond donors (Lipinski definition) is 1. The highest BCUT2D eigenvalue weighted by Gasteiger charge is 2.35. The van der Waals surface area contributed by atoms with Crippen LogP contribution in [-0.2, 0) is 32.6 Å². The molecule has 0 heterocycles. The highest BCUT2D eigenvalue weighted by Crippen LogP contribution is 2.33. The van der Waals surface area contributed by atoms with Crippen molar-refractivity contribution in [3.8, 4) is 23.0 Å². The summed E-state index contributed by atoms with van der Waals surface area (Å²) in [7, 11) is 1.53. The minimum absolute atomic E-state index is 0.00841. The molecule has 48 heavy (non-hydrogen) atoms. The van der Waals surface area contributed by atoms with Gasteiger partial charge >= 0.3 is 0 Å². The predicted octanol–water partition coefficient (Wildman–Crippen LogP) is 4.69. The van der Waals surface area contributed by atoms with E-state index in [9.17, 15) is 18.0 Å². The van der Waals surface area contributed by atoms with E-state index in [0.717, 1.165) is 9.87 Å². The zero-order valence-corrected chi connectivity index (χ0v) is 28.5. The maximum absolute atomic E-state index is 14.5. The van der Waals surface area contributed by atoms with Crippen LogP contribution in [0.15, 0.2) is 102 Å². The zero-order valence-electron chi connectivity index (χ0n) is 27.7. The Morgan fingerprint density at radius 3 is 2.08 bits per heavy atom. The smallest absolute Gasteiger partial charge is 0.264 e. The second kappa shape index (κ2) is 16.6. The van der Waals surface area contributed by atoms with Gasteiger partial charge in [0.15, 0.2) is 11.5 Å². The van der Waals surface area contributed by atoms with Gasteiger partial charge in [0.2, 0.25) is 11.8 Å². The maximum Gasteiger partial charge on any atom is 0.264 e. The maximum atomic E-state index is 14.5. The Morgan fingerprint density at radius 2 is 1.46 bits per heavy atom. The molecule has 0 aliphatic heterocycles. The normalized spacial score (nSPS) is 11.6. The molecule has 254 valence electrons. The monoisotopic (exact) mass is 675 g/mol. The molecule has 0 aliphatic rings. The molecular formula is C36H41N3O8S. The summed E-state index contributed by atoms with van der Waals surface area (Å²) in [4.78, 5) is 29.3. The molecule has 0 unspecified atom stereocenters. The van der Waals surface area contributed by atoms with E-state index < -0.39 is 34.4 Å². The lowest BCUT2D eigenvalue weighted by molar-refractivity contribution is -0.139. The summed E-state index contributed by atoms with van der Waals surface area (Å²) in [5.74, 6) is 0.674. The first-order valence-electron chi connectivity index (χ1n) is 15.3. The number of hydrogen-bond acceptors (Lipinski definition) is 8.